The number of β-amino-alcohol motifs (C(OH)–C–C–N with tert-alkyl or cyclic N) is 1. The lowest BCUT2D eigenvalue weighted by molar-refractivity contribution is -0.144. The van der Waals surface area contributed by atoms with E-state index in [1.54, 1.807) is 7.11 Å². The number of hydrogen-bond acceptors (Lipinski definition) is 5. The molecule has 124 valence electrons. The smallest absolute Gasteiger partial charge is 0.230 e. The van der Waals surface area contributed by atoms with Crippen molar-refractivity contribution in [1.82, 2.24) is 15.1 Å². The van der Waals surface area contributed by atoms with Crippen LogP contribution in [0.5, 0.6) is 0 Å². The lowest BCUT2D eigenvalue weighted by Crippen LogP contribution is -2.54. The molecule has 6 nitrogen and oxygen atoms in total. The summed E-state index contributed by atoms with van der Waals surface area (Å²) in [6.07, 6.45) is 1.71. The molecule has 0 aromatic heterocycles. The van der Waals surface area contributed by atoms with E-state index in [0.29, 0.717) is 13.2 Å². The molecule has 2 rings (SSSR count). The summed E-state index contributed by atoms with van der Waals surface area (Å²) in [6, 6.07) is 0. The van der Waals surface area contributed by atoms with Gasteiger partial charge < -0.3 is 20.1 Å². The molecule has 2 N–H and O–H groups in total. The summed E-state index contributed by atoms with van der Waals surface area (Å²) in [4.78, 5) is 17.1. The largest absolute Gasteiger partial charge is 0.395 e. The van der Waals surface area contributed by atoms with E-state index in [9.17, 15) is 4.79 Å². The van der Waals surface area contributed by atoms with Crippen molar-refractivity contribution < 1.29 is 14.6 Å². The van der Waals surface area contributed by atoms with E-state index in [0.717, 1.165) is 52.1 Å². The standard InChI is InChI=1S/C14H27N3O3.ClH/c1-20-11-3-14(2-4-15-12-14)13(19)17-7-5-16(6-8-17)9-10-18;/h15,18H,2-12H2,1H3;1H. The summed E-state index contributed by atoms with van der Waals surface area (Å²) in [5.41, 5.74) is -0.269. The molecule has 1 amide bonds. The molecule has 1 unspecified atom stereocenters. The Kier molecular flexibility index (Phi) is 7.90. The van der Waals surface area contributed by atoms with Gasteiger partial charge in [-0.15, -0.1) is 12.4 Å². The zero-order valence-corrected chi connectivity index (χ0v) is 13.7. The highest BCUT2D eigenvalue weighted by Gasteiger charge is 2.43. The van der Waals surface area contributed by atoms with E-state index in [2.05, 4.69) is 10.2 Å². The number of carbonyl (C=O) groups excluding carboxylic acids is 1. The third kappa shape index (κ3) is 4.53. The summed E-state index contributed by atoms with van der Waals surface area (Å²) < 4.78 is 5.18. The van der Waals surface area contributed by atoms with Gasteiger partial charge in [0.2, 0.25) is 5.91 Å². The van der Waals surface area contributed by atoms with Crippen LogP contribution in [-0.4, -0.2) is 87.0 Å². The average Bonchev–Trinajstić information content (AvgIpc) is 2.95. The van der Waals surface area contributed by atoms with E-state index in [4.69, 9.17) is 9.84 Å². The Hall–Kier alpha value is -0.400. The van der Waals surface area contributed by atoms with Crippen LogP contribution in [-0.2, 0) is 9.53 Å². The Balaban J connectivity index is 0.00000220. The highest BCUT2D eigenvalue weighted by molar-refractivity contribution is 5.85. The molecular weight excluding hydrogens is 294 g/mol. The zero-order valence-electron chi connectivity index (χ0n) is 12.8. The van der Waals surface area contributed by atoms with Crippen molar-refractivity contribution in [2.24, 2.45) is 5.41 Å². The summed E-state index contributed by atoms with van der Waals surface area (Å²) in [7, 11) is 1.69. The predicted octanol–water partition coefficient (Wildman–Crippen LogP) is -0.439. The van der Waals surface area contributed by atoms with Crippen LogP contribution in [0.15, 0.2) is 0 Å². The van der Waals surface area contributed by atoms with Gasteiger partial charge in [0.1, 0.15) is 0 Å². The lowest BCUT2D eigenvalue weighted by Gasteiger charge is -2.39. The minimum absolute atomic E-state index is 0. The van der Waals surface area contributed by atoms with Crippen LogP contribution < -0.4 is 5.32 Å². The maximum absolute atomic E-state index is 12.9. The quantitative estimate of drug-likeness (QED) is 0.694. The Morgan fingerprint density at radius 1 is 1.33 bits per heavy atom. The van der Waals surface area contributed by atoms with Crippen LogP contribution in [0, 0.1) is 5.41 Å². The molecule has 0 aromatic carbocycles. The van der Waals surface area contributed by atoms with Crippen molar-refractivity contribution in [1.29, 1.82) is 0 Å². The molecule has 2 saturated heterocycles. The molecule has 2 aliphatic heterocycles. The number of ether oxygens (including phenoxy) is 1. The van der Waals surface area contributed by atoms with Crippen LogP contribution in [0.4, 0.5) is 0 Å². The summed E-state index contributed by atoms with van der Waals surface area (Å²) in [5.74, 6) is 0.281. The van der Waals surface area contributed by atoms with Crippen LogP contribution in [0.2, 0.25) is 0 Å². The Morgan fingerprint density at radius 2 is 2.05 bits per heavy atom. The number of amides is 1. The first kappa shape index (κ1) is 18.6. The van der Waals surface area contributed by atoms with Crippen molar-refractivity contribution in [3.8, 4) is 0 Å². The molecular formula is C14H28ClN3O3. The maximum atomic E-state index is 12.9. The number of hydrogen-bond donors (Lipinski definition) is 2. The van der Waals surface area contributed by atoms with Gasteiger partial charge >= 0.3 is 0 Å². The molecule has 7 heteroatoms. The summed E-state index contributed by atoms with van der Waals surface area (Å²) in [6.45, 7) is 6.49. The minimum Gasteiger partial charge on any atom is -0.395 e. The lowest BCUT2D eigenvalue weighted by atomic mass is 9.82. The van der Waals surface area contributed by atoms with Crippen molar-refractivity contribution in [2.75, 3.05) is 66.1 Å². The third-order valence-electron chi connectivity index (χ3n) is 4.56. The van der Waals surface area contributed by atoms with E-state index in [1.165, 1.54) is 0 Å². The molecule has 0 saturated carbocycles. The van der Waals surface area contributed by atoms with Gasteiger partial charge in [0.05, 0.1) is 12.0 Å². The molecule has 0 radical (unpaired) electrons. The summed E-state index contributed by atoms with van der Waals surface area (Å²) in [5, 5.41) is 12.3. The van der Waals surface area contributed by atoms with Crippen molar-refractivity contribution in [3.63, 3.8) is 0 Å². The second-order valence-electron chi connectivity index (χ2n) is 5.81. The first-order valence-electron chi connectivity index (χ1n) is 7.54. The molecule has 0 spiro atoms. The van der Waals surface area contributed by atoms with Crippen LogP contribution in [0.25, 0.3) is 0 Å². The molecule has 2 fully saturated rings. The Morgan fingerprint density at radius 3 is 2.57 bits per heavy atom. The normalized spacial score (nSPS) is 26.7. The average molecular weight is 322 g/mol. The van der Waals surface area contributed by atoms with E-state index in [-0.39, 0.29) is 30.3 Å². The number of aliphatic hydroxyl groups is 1. The number of nitrogens with zero attached hydrogens (tertiary/aromatic N) is 2. The van der Waals surface area contributed by atoms with Crippen LogP contribution in [0.1, 0.15) is 12.8 Å². The van der Waals surface area contributed by atoms with Gasteiger partial charge in [-0.05, 0) is 19.4 Å². The van der Waals surface area contributed by atoms with Gasteiger partial charge in [0, 0.05) is 53.0 Å². The second kappa shape index (κ2) is 8.90. The monoisotopic (exact) mass is 321 g/mol. The summed E-state index contributed by atoms with van der Waals surface area (Å²) >= 11 is 0. The van der Waals surface area contributed by atoms with Gasteiger partial charge in [-0.2, -0.15) is 0 Å². The van der Waals surface area contributed by atoms with Gasteiger partial charge in [-0.1, -0.05) is 0 Å². The van der Waals surface area contributed by atoms with Gasteiger partial charge in [-0.3, -0.25) is 9.69 Å². The topological polar surface area (TPSA) is 65.0 Å². The number of rotatable bonds is 6. The number of carbonyl (C=O) groups is 1. The number of nitrogens with one attached hydrogen (secondary N) is 1. The molecule has 1 atom stereocenters. The second-order valence-corrected chi connectivity index (χ2v) is 5.81. The highest BCUT2D eigenvalue weighted by atomic mass is 35.5. The van der Waals surface area contributed by atoms with E-state index in [1.807, 2.05) is 4.90 Å². The Bertz CT molecular complexity index is 317. The first-order chi connectivity index (χ1) is 9.72. The number of halogens is 1. The van der Waals surface area contributed by atoms with Gasteiger partial charge in [-0.25, -0.2) is 0 Å². The van der Waals surface area contributed by atoms with Gasteiger partial charge in [0.15, 0.2) is 0 Å². The van der Waals surface area contributed by atoms with Crippen molar-refractivity contribution in [2.45, 2.75) is 12.8 Å². The SMILES string of the molecule is COCCC1(C(=O)N2CCN(CCO)CC2)CCNC1.Cl. The fourth-order valence-electron chi connectivity index (χ4n) is 3.20. The molecule has 0 aliphatic carbocycles. The third-order valence-corrected chi connectivity index (χ3v) is 4.56. The fraction of sp³-hybridized carbons (Fsp3) is 0.929. The van der Waals surface area contributed by atoms with Crippen LogP contribution in [0.3, 0.4) is 0 Å². The highest BCUT2D eigenvalue weighted by Crippen LogP contribution is 2.32. The Labute approximate surface area is 133 Å². The van der Waals surface area contributed by atoms with E-state index < -0.39 is 0 Å². The molecule has 2 aliphatic rings. The maximum Gasteiger partial charge on any atom is 0.230 e. The zero-order chi connectivity index (χ0) is 14.4. The van der Waals surface area contributed by atoms with Crippen LogP contribution >= 0.6 is 12.4 Å². The number of aliphatic hydroxyl groups excluding tert-OH is 1. The molecule has 0 aromatic rings. The van der Waals surface area contributed by atoms with Crippen molar-refractivity contribution >= 4 is 18.3 Å². The minimum atomic E-state index is -0.269. The van der Waals surface area contributed by atoms with Gasteiger partial charge in [0.25, 0.3) is 0 Å². The van der Waals surface area contributed by atoms with Crippen molar-refractivity contribution in [3.05, 3.63) is 0 Å². The number of methoxy groups -OCH3 is 1. The molecule has 21 heavy (non-hydrogen) atoms. The fourth-order valence-corrected chi connectivity index (χ4v) is 3.20. The first-order valence-corrected chi connectivity index (χ1v) is 7.54. The van der Waals surface area contributed by atoms with E-state index >= 15 is 0 Å². The number of piperazine rings is 1. The molecule has 0 bridgehead atoms. The molecule has 2 heterocycles. The predicted molar refractivity (Wildman–Crippen MR) is 83.8 cm³/mol.